The van der Waals surface area contributed by atoms with E-state index in [1.165, 1.54) is 10.9 Å². The molecule has 2 aromatic rings. The van der Waals surface area contributed by atoms with E-state index in [1.54, 1.807) is 12.3 Å². The van der Waals surface area contributed by atoms with E-state index in [0.717, 1.165) is 18.6 Å². The molecule has 0 N–H and O–H groups in total. The van der Waals surface area contributed by atoms with Gasteiger partial charge in [-0.2, -0.15) is 5.10 Å². The van der Waals surface area contributed by atoms with Crippen molar-refractivity contribution >= 4 is 11.6 Å². The zero-order valence-electron chi connectivity index (χ0n) is 16.2. The van der Waals surface area contributed by atoms with Crippen LogP contribution in [-0.4, -0.2) is 34.6 Å². The van der Waals surface area contributed by atoms with Crippen molar-refractivity contribution in [3.63, 3.8) is 0 Å². The minimum absolute atomic E-state index is 0.0138. The first-order chi connectivity index (χ1) is 12.8. The SMILES string of the molecule is CCCOCCOc1ccc(COc2cnn(C(C)(C)C)c(=O)c2Cl)cn1. The van der Waals surface area contributed by atoms with Crippen LogP contribution in [-0.2, 0) is 16.9 Å². The van der Waals surface area contributed by atoms with Gasteiger partial charge in [0.1, 0.15) is 13.2 Å². The van der Waals surface area contributed by atoms with E-state index in [1.807, 2.05) is 26.8 Å². The maximum atomic E-state index is 12.3. The number of pyridine rings is 1. The molecule has 27 heavy (non-hydrogen) atoms. The highest BCUT2D eigenvalue weighted by atomic mass is 35.5. The zero-order valence-corrected chi connectivity index (χ0v) is 17.0. The lowest BCUT2D eigenvalue weighted by molar-refractivity contribution is 0.0990. The molecular weight excluding hydrogens is 370 g/mol. The Hall–Kier alpha value is -2.12. The van der Waals surface area contributed by atoms with Crippen LogP contribution < -0.4 is 15.0 Å². The van der Waals surface area contributed by atoms with Crippen LogP contribution in [0.25, 0.3) is 0 Å². The third-order valence-corrected chi connectivity index (χ3v) is 3.89. The zero-order chi connectivity index (χ0) is 19.9. The van der Waals surface area contributed by atoms with Gasteiger partial charge in [0, 0.05) is 24.4 Å². The Kier molecular flexibility index (Phi) is 7.62. The van der Waals surface area contributed by atoms with Crippen molar-refractivity contribution in [2.45, 2.75) is 46.3 Å². The molecule has 2 heterocycles. The molecule has 0 saturated heterocycles. The molecule has 0 aromatic carbocycles. The van der Waals surface area contributed by atoms with Crippen LogP contribution in [0.1, 0.15) is 39.7 Å². The van der Waals surface area contributed by atoms with Gasteiger partial charge in [0.05, 0.1) is 18.3 Å². The van der Waals surface area contributed by atoms with Crippen molar-refractivity contribution in [2.24, 2.45) is 0 Å². The highest BCUT2D eigenvalue weighted by molar-refractivity contribution is 6.31. The largest absolute Gasteiger partial charge is 0.485 e. The fourth-order valence-electron chi connectivity index (χ4n) is 2.19. The molecule has 0 bridgehead atoms. The summed E-state index contributed by atoms with van der Waals surface area (Å²) in [7, 11) is 0. The first kappa shape index (κ1) is 21.2. The van der Waals surface area contributed by atoms with E-state index < -0.39 is 5.54 Å². The molecule has 0 spiro atoms. The summed E-state index contributed by atoms with van der Waals surface area (Å²) in [5.74, 6) is 0.766. The third-order valence-electron chi connectivity index (χ3n) is 3.54. The van der Waals surface area contributed by atoms with E-state index in [9.17, 15) is 4.79 Å². The molecule has 8 heteroatoms. The Balaban J connectivity index is 1.91. The van der Waals surface area contributed by atoms with Crippen LogP contribution in [0.3, 0.4) is 0 Å². The molecule has 0 aliphatic rings. The topological polar surface area (TPSA) is 75.5 Å². The average Bonchev–Trinajstić information content (AvgIpc) is 2.63. The lowest BCUT2D eigenvalue weighted by Gasteiger charge is -2.21. The Morgan fingerprint density at radius 1 is 1.11 bits per heavy atom. The number of rotatable bonds is 9. The number of hydrogen-bond acceptors (Lipinski definition) is 6. The Morgan fingerprint density at radius 3 is 2.52 bits per heavy atom. The highest BCUT2D eigenvalue weighted by Gasteiger charge is 2.20. The van der Waals surface area contributed by atoms with E-state index in [4.69, 9.17) is 25.8 Å². The second-order valence-corrected chi connectivity index (χ2v) is 7.34. The summed E-state index contributed by atoms with van der Waals surface area (Å²) in [5.41, 5.74) is -0.0184. The number of hydrogen-bond donors (Lipinski definition) is 0. The lowest BCUT2D eigenvalue weighted by atomic mass is 10.1. The van der Waals surface area contributed by atoms with Crippen molar-refractivity contribution < 1.29 is 14.2 Å². The molecule has 0 saturated carbocycles. The minimum Gasteiger partial charge on any atom is -0.485 e. The fraction of sp³-hybridized carbons (Fsp3) is 0.526. The van der Waals surface area contributed by atoms with Crippen molar-refractivity contribution in [3.8, 4) is 11.6 Å². The Morgan fingerprint density at radius 2 is 1.89 bits per heavy atom. The number of halogens is 1. The monoisotopic (exact) mass is 395 g/mol. The average molecular weight is 396 g/mol. The summed E-state index contributed by atoms with van der Waals surface area (Å²) < 4.78 is 17.8. The molecule has 2 rings (SSSR count). The molecule has 0 amide bonds. The van der Waals surface area contributed by atoms with Gasteiger partial charge in [-0.25, -0.2) is 9.67 Å². The molecule has 0 radical (unpaired) electrons. The maximum absolute atomic E-state index is 12.3. The van der Waals surface area contributed by atoms with Crippen LogP contribution in [0.5, 0.6) is 11.6 Å². The van der Waals surface area contributed by atoms with Crippen LogP contribution in [0.15, 0.2) is 29.3 Å². The summed E-state index contributed by atoms with van der Waals surface area (Å²) in [6.45, 7) is 9.62. The van der Waals surface area contributed by atoms with Gasteiger partial charge in [-0.3, -0.25) is 4.79 Å². The summed E-state index contributed by atoms with van der Waals surface area (Å²) in [5, 5.41) is 4.15. The Bertz CT molecular complexity index is 785. The predicted octanol–water partition coefficient (Wildman–Crippen LogP) is 3.43. The van der Waals surface area contributed by atoms with Gasteiger partial charge in [-0.15, -0.1) is 0 Å². The van der Waals surface area contributed by atoms with Crippen molar-refractivity contribution in [3.05, 3.63) is 45.5 Å². The summed E-state index contributed by atoms with van der Waals surface area (Å²) >= 11 is 6.14. The molecule has 0 unspecified atom stereocenters. The first-order valence-corrected chi connectivity index (χ1v) is 9.27. The minimum atomic E-state index is -0.458. The van der Waals surface area contributed by atoms with E-state index >= 15 is 0 Å². The van der Waals surface area contributed by atoms with Crippen molar-refractivity contribution in [1.82, 2.24) is 14.8 Å². The summed E-state index contributed by atoms with van der Waals surface area (Å²) in [4.78, 5) is 16.5. The van der Waals surface area contributed by atoms with E-state index in [2.05, 4.69) is 17.0 Å². The van der Waals surface area contributed by atoms with Gasteiger partial charge in [0.15, 0.2) is 10.8 Å². The first-order valence-electron chi connectivity index (χ1n) is 8.89. The predicted molar refractivity (Wildman–Crippen MR) is 104 cm³/mol. The van der Waals surface area contributed by atoms with Crippen LogP contribution in [0, 0.1) is 0 Å². The van der Waals surface area contributed by atoms with Gasteiger partial charge >= 0.3 is 0 Å². The van der Waals surface area contributed by atoms with Gasteiger partial charge < -0.3 is 14.2 Å². The van der Waals surface area contributed by atoms with Gasteiger partial charge in [0.25, 0.3) is 5.56 Å². The van der Waals surface area contributed by atoms with E-state index in [0.29, 0.717) is 19.1 Å². The van der Waals surface area contributed by atoms with Gasteiger partial charge in [0.2, 0.25) is 5.88 Å². The van der Waals surface area contributed by atoms with Crippen LogP contribution in [0.4, 0.5) is 0 Å². The molecular formula is C19H26ClN3O4. The second-order valence-electron chi connectivity index (χ2n) is 6.96. The summed E-state index contributed by atoms with van der Waals surface area (Å²) in [6.07, 6.45) is 4.09. The fourth-order valence-corrected chi connectivity index (χ4v) is 2.37. The highest BCUT2D eigenvalue weighted by Crippen LogP contribution is 2.22. The molecule has 0 aliphatic carbocycles. The lowest BCUT2D eigenvalue weighted by Crippen LogP contribution is -2.36. The smallest absolute Gasteiger partial charge is 0.289 e. The van der Waals surface area contributed by atoms with Crippen molar-refractivity contribution in [2.75, 3.05) is 19.8 Å². The van der Waals surface area contributed by atoms with Crippen LogP contribution >= 0.6 is 11.6 Å². The number of ether oxygens (including phenoxy) is 3. The molecule has 2 aromatic heterocycles. The third kappa shape index (κ3) is 6.22. The Labute approximate surface area is 164 Å². The number of nitrogens with zero attached hydrogens (tertiary/aromatic N) is 3. The van der Waals surface area contributed by atoms with Gasteiger partial charge in [-0.05, 0) is 33.3 Å². The molecule has 0 atom stereocenters. The normalized spacial score (nSPS) is 11.4. The molecule has 148 valence electrons. The standard InChI is InChI=1S/C19H26ClN3O4/c1-5-8-25-9-10-26-16-7-6-14(11-21-16)13-27-15-12-22-23(19(2,3)4)18(24)17(15)20/h6-7,11-12H,5,8-10,13H2,1-4H3. The van der Waals surface area contributed by atoms with Gasteiger partial charge in [-0.1, -0.05) is 18.5 Å². The molecule has 0 fully saturated rings. The second kappa shape index (κ2) is 9.71. The van der Waals surface area contributed by atoms with Crippen LogP contribution in [0.2, 0.25) is 5.02 Å². The number of aromatic nitrogens is 3. The summed E-state index contributed by atoms with van der Waals surface area (Å²) in [6, 6.07) is 3.60. The van der Waals surface area contributed by atoms with Crippen molar-refractivity contribution in [1.29, 1.82) is 0 Å². The molecule has 7 nitrogen and oxygen atoms in total. The molecule has 0 aliphatic heterocycles. The van der Waals surface area contributed by atoms with E-state index in [-0.39, 0.29) is 22.9 Å². The maximum Gasteiger partial charge on any atom is 0.289 e. The quantitative estimate of drug-likeness (QED) is 0.605.